The van der Waals surface area contributed by atoms with Gasteiger partial charge in [0.25, 0.3) is 0 Å². The third-order valence-corrected chi connectivity index (χ3v) is 2.48. The lowest BCUT2D eigenvalue weighted by Crippen LogP contribution is -2.27. The van der Waals surface area contributed by atoms with Gasteiger partial charge in [-0.15, -0.1) is 0 Å². The lowest BCUT2D eigenvalue weighted by atomic mass is 9.92. The molecule has 0 aromatic rings. The molecule has 0 amide bonds. The molecule has 1 fully saturated rings. The third-order valence-electron chi connectivity index (χ3n) is 2.48. The van der Waals surface area contributed by atoms with Gasteiger partial charge in [0.2, 0.25) is 0 Å². The molecule has 1 aliphatic carbocycles. The standard InChI is InChI=1S/C8H17N/c1-6(2)7-4-3-5-8(7)9/h6-8H,3-5,9H2,1-2H3. The molecule has 0 radical (unpaired) electrons. The molecule has 2 atom stereocenters. The second-order valence-electron chi connectivity index (χ2n) is 3.50. The largest absolute Gasteiger partial charge is 0.327 e. The molecule has 0 aromatic heterocycles. The van der Waals surface area contributed by atoms with Crippen molar-refractivity contribution in [1.82, 2.24) is 0 Å². The Kier molecular flexibility index (Phi) is 2.12. The van der Waals surface area contributed by atoms with E-state index in [0.29, 0.717) is 6.04 Å². The van der Waals surface area contributed by atoms with E-state index in [2.05, 4.69) is 13.8 Å². The van der Waals surface area contributed by atoms with E-state index in [1.165, 1.54) is 19.3 Å². The van der Waals surface area contributed by atoms with E-state index in [1.807, 2.05) is 0 Å². The van der Waals surface area contributed by atoms with Gasteiger partial charge in [0.15, 0.2) is 0 Å². The first kappa shape index (κ1) is 7.07. The lowest BCUT2D eigenvalue weighted by Gasteiger charge is -2.18. The maximum atomic E-state index is 5.88. The Morgan fingerprint density at radius 1 is 1.33 bits per heavy atom. The average Bonchev–Trinajstić information content (AvgIpc) is 2.13. The summed E-state index contributed by atoms with van der Waals surface area (Å²) in [5, 5.41) is 0. The highest BCUT2D eigenvalue weighted by Crippen LogP contribution is 2.29. The van der Waals surface area contributed by atoms with Crippen LogP contribution in [-0.2, 0) is 0 Å². The summed E-state index contributed by atoms with van der Waals surface area (Å²) in [5.74, 6) is 1.60. The minimum Gasteiger partial charge on any atom is -0.327 e. The van der Waals surface area contributed by atoms with Crippen molar-refractivity contribution in [2.45, 2.75) is 39.2 Å². The molecular weight excluding hydrogens is 110 g/mol. The van der Waals surface area contributed by atoms with Gasteiger partial charge in [-0.1, -0.05) is 20.3 Å². The molecule has 0 bridgehead atoms. The Hall–Kier alpha value is -0.0400. The fourth-order valence-electron chi connectivity index (χ4n) is 1.85. The van der Waals surface area contributed by atoms with Crippen molar-refractivity contribution in [3.8, 4) is 0 Å². The van der Waals surface area contributed by atoms with E-state index in [0.717, 1.165) is 11.8 Å². The van der Waals surface area contributed by atoms with Crippen molar-refractivity contribution in [3.05, 3.63) is 0 Å². The zero-order valence-electron chi connectivity index (χ0n) is 6.43. The van der Waals surface area contributed by atoms with Gasteiger partial charge in [0, 0.05) is 6.04 Å². The van der Waals surface area contributed by atoms with Crippen molar-refractivity contribution in [3.63, 3.8) is 0 Å². The molecule has 1 heteroatoms. The second kappa shape index (κ2) is 2.70. The van der Waals surface area contributed by atoms with Gasteiger partial charge in [-0.2, -0.15) is 0 Å². The van der Waals surface area contributed by atoms with Gasteiger partial charge in [-0.05, 0) is 24.7 Å². The Morgan fingerprint density at radius 3 is 2.22 bits per heavy atom. The first-order valence-electron chi connectivity index (χ1n) is 3.97. The van der Waals surface area contributed by atoms with Crippen LogP contribution in [0.25, 0.3) is 0 Å². The van der Waals surface area contributed by atoms with Crippen LogP contribution >= 0.6 is 0 Å². The highest BCUT2D eigenvalue weighted by atomic mass is 14.7. The normalized spacial score (nSPS) is 36.0. The summed E-state index contributed by atoms with van der Waals surface area (Å²) in [7, 11) is 0. The maximum Gasteiger partial charge on any atom is 0.00696 e. The highest BCUT2D eigenvalue weighted by Gasteiger charge is 2.25. The topological polar surface area (TPSA) is 26.0 Å². The highest BCUT2D eigenvalue weighted by molar-refractivity contribution is 4.81. The van der Waals surface area contributed by atoms with Crippen LogP contribution in [0.4, 0.5) is 0 Å². The smallest absolute Gasteiger partial charge is 0.00696 e. The van der Waals surface area contributed by atoms with Crippen LogP contribution in [0.15, 0.2) is 0 Å². The van der Waals surface area contributed by atoms with Crippen LogP contribution in [0.5, 0.6) is 0 Å². The molecule has 0 aliphatic heterocycles. The van der Waals surface area contributed by atoms with E-state index in [9.17, 15) is 0 Å². The van der Waals surface area contributed by atoms with Gasteiger partial charge in [0.05, 0.1) is 0 Å². The number of nitrogens with two attached hydrogens (primary N) is 1. The van der Waals surface area contributed by atoms with E-state index >= 15 is 0 Å². The van der Waals surface area contributed by atoms with Gasteiger partial charge in [-0.3, -0.25) is 0 Å². The summed E-state index contributed by atoms with van der Waals surface area (Å²) in [5.41, 5.74) is 5.88. The molecule has 1 saturated carbocycles. The molecule has 2 unspecified atom stereocenters. The van der Waals surface area contributed by atoms with Crippen molar-refractivity contribution >= 4 is 0 Å². The molecule has 0 heterocycles. The van der Waals surface area contributed by atoms with Crippen molar-refractivity contribution in [2.24, 2.45) is 17.6 Å². The molecule has 1 rings (SSSR count). The monoisotopic (exact) mass is 127 g/mol. The van der Waals surface area contributed by atoms with E-state index in [4.69, 9.17) is 5.73 Å². The quantitative estimate of drug-likeness (QED) is 0.570. The van der Waals surface area contributed by atoms with Gasteiger partial charge >= 0.3 is 0 Å². The minimum atomic E-state index is 0.505. The van der Waals surface area contributed by atoms with Crippen molar-refractivity contribution in [1.29, 1.82) is 0 Å². The number of hydrogen-bond donors (Lipinski definition) is 1. The summed E-state index contributed by atoms with van der Waals surface area (Å²) >= 11 is 0. The fourth-order valence-corrected chi connectivity index (χ4v) is 1.85. The summed E-state index contributed by atoms with van der Waals surface area (Å²) < 4.78 is 0. The Morgan fingerprint density at radius 2 is 2.00 bits per heavy atom. The molecule has 0 saturated heterocycles. The first-order chi connectivity index (χ1) is 4.22. The zero-order valence-corrected chi connectivity index (χ0v) is 6.43. The predicted molar refractivity (Wildman–Crippen MR) is 40.2 cm³/mol. The van der Waals surface area contributed by atoms with Crippen molar-refractivity contribution < 1.29 is 0 Å². The van der Waals surface area contributed by atoms with Crippen LogP contribution in [0.3, 0.4) is 0 Å². The second-order valence-corrected chi connectivity index (χ2v) is 3.50. The van der Waals surface area contributed by atoms with Crippen LogP contribution < -0.4 is 5.73 Å². The summed E-state index contributed by atoms with van der Waals surface area (Å²) in [6.45, 7) is 4.55. The molecule has 9 heavy (non-hydrogen) atoms. The maximum absolute atomic E-state index is 5.88. The Labute approximate surface area is 57.6 Å². The molecular formula is C8H17N. The Bertz CT molecular complexity index is 88.6. The molecule has 0 aromatic carbocycles. The molecule has 0 spiro atoms. The van der Waals surface area contributed by atoms with E-state index in [1.54, 1.807) is 0 Å². The van der Waals surface area contributed by atoms with Gasteiger partial charge < -0.3 is 5.73 Å². The van der Waals surface area contributed by atoms with Crippen LogP contribution in [-0.4, -0.2) is 6.04 Å². The first-order valence-corrected chi connectivity index (χ1v) is 3.97. The van der Waals surface area contributed by atoms with Crippen molar-refractivity contribution in [2.75, 3.05) is 0 Å². The predicted octanol–water partition coefficient (Wildman–Crippen LogP) is 1.77. The molecule has 1 nitrogen and oxygen atoms in total. The van der Waals surface area contributed by atoms with Gasteiger partial charge in [-0.25, -0.2) is 0 Å². The average molecular weight is 127 g/mol. The van der Waals surface area contributed by atoms with Gasteiger partial charge in [0.1, 0.15) is 0 Å². The SMILES string of the molecule is CC(C)C1CCCC1N. The Balaban J connectivity index is 2.40. The fraction of sp³-hybridized carbons (Fsp3) is 1.00. The van der Waals surface area contributed by atoms with Crippen LogP contribution in [0.1, 0.15) is 33.1 Å². The number of hydrogen-bond acceptors (Lipinski definition) is 1. The zero-order chi connectivity index (χ0) is 6.85. The molecule has 2 N–H and O–H groups in total. The summed E-state index contributed by atoms with van der Waals surface area (Å²) in [4.78, 5) is 0. The minimum absolute atomic E-state index is 0.505. The van der Waals surface area contributed by atoms with Crippen LogP contribution in [0.2, 0.25) is 0 Å². The molecule has 54 valence electrons. The van der Waals surface area contributed by atoms with E-state index in [-0.39, 0.29) is 0 Å². The van der Waals surface area contributed by atoms with E-state index < -0.39 is 0 Å². The molecule has 1 aliphatic rings. The summed E-state index contributed by atoms with van der Waals surface area (Å²) in [6, 6.07) is 0.505. The number of rotatable bonds is 1. The summed E-state index contributed by atoms with van der Waals surface area (Å²) in [6.07, 6.45) is 3.96. The third kappa shape index (κ3) is 1.45. The lowest BCUT2D eigenvalue weighted by molar-refractivity contribution is 0.357. The van der Waals surface area contributed by atoms with Crippen LogP contribution in [0, 0.1) is 11.8 Å².